The van der Waals surface area contributed by atoms with Crippen LogP contribution in [0.4, 0.5) is 0 Å². The fourth-order valence-electron chi connectivity index (χ4n) is 1.20. The molecule has 0 saturated carbocycles. The van der Waals surface area contributed by atoms with Gasteiger partial charge in [-0.2, -0.15) is 0 Å². The fraction of sp³-hybridized carbons (Fsp3) is 0.455. The molecule has 1 aromatic heterocycles. The zero-order chi connectivity index (χ0) is 14.4. The van der Waals surface area contributed by atoms with Crippen molar-refractivity contribution in [1.29, 1.82) is 0 Å². The Hall–Kier alpha value is -1.51. The summed E-state index contributed by atoms with van der Waals surface area (Å²) < 4.78 is 4.43. The predicted octanol–water partition coefficient (Wildman–Crippen LogP) is -0.0628. The Kier molecular flexibility index (Phi) is 5.87. The van der Waals surface area contributed by atoms with Gasteiger partial charge in [-0.1, -0.05) is 11.8 Å². The van der Waals surface area contributed by atoms with Crippen molar-refractivity contribution in [2.24, 2.45) is 0 Å². The topological polar surface area (TPSA) is 110 Å². The van der Waals surface area contributed by atoms with E-state index in [2.05, 4.69) is 14.7 Å². The molecule has 0 aliphatic rings. The molecule has 8 heteroatoms. The average Bonchev–Trinajstić information content (AvgIpc) is 2.43. The number of aliphatic hydroxyl groups is 2. The second-order valence-electron chi connectivity index (χ2n) is 3.65. The van der Waals surface area contributed by atoms with Crippen LogP contribution in [0, 0.1) is 0 Å². The lowest BCUT2D eigenvalue weighted by atomic mass is 10.1. The lowest BCUT2D eigenvalue weighted by molar-refractivity contribution is -0.109. The molecule has 2 atom stereocenters. The van der Waals surface area contributed by atoms with Crippen LogP contribution >= 0.6 is 11.8 Å². The highest BCUT2D eigenvalue weighted by molar-refractivity contribution is 8.13. The molecule has 0 amide bonds. The molecule has 0 aliphatic carbocycles. The van der Waals surface area contributed by atoms with Gasteiger partial charge in [0.1, 0.15) is 6.10 Å². The molecule has 19 heavy (non-hydrogen) atoms. The molecule has 0 saturated heterocycles. The molecule has 2 unspecified atom stereocenters. The Morgan fingerprint density at radius 1 is 1.37 bits per heavy atom. The molecular weight excluding hydrogens is 272 g/mol. The number of rotatable bonds is 5. The van der Waals surface area contributed by atoms with E-state index in [4.69, 9.17) is 0 Å². The van der Waals surface area contributed by atoms with Crippen molar-refractivity contribution in [3.8, 4) is 0 Å². The number of aromatic nitrogens is 2. The normalized spacial score (nSPS) is 13.7. The minimum absolute atomic E-state index is 0.0647. The standard InChI is InChI=1S/C11H14N2O5S/c1-6(14)19-5-8(15)9(16)7-3-12-10(13-4-7)11(17)18-2/h3-4,8-9,15-16H,5H2,1-2H3. The van der Waals surface area contributed by atoms with Crippen molar-refractivity contribution in [2.45, 2.75) is 19.1 Å². The highest BCUT2D eigenvalue weighted by atomic mass is 32.2. The molecule has 1 heterocycles. The van der Waals surface area contributed by atoms with E-state index >= 15 is 0 Å². The number of aliphatic hydroxyl groups excluding tert-OH is 2. The van der Waals surface area contributed by atoms with Crippen LogP contribution in [0.15, 0.2) is 12.4 Å². The number of ether oxygens (including phenoxy) is 1. The molecule has 0 aromatic carbocycles. The maximum atomic E-state index is 11.1. The second-order valence-corrected chi connectivity index (χ2v) is 4.84. The summed E-state index contributed by atoms with van der Waals surface area (Å²) >= 11 is 0.910. The van der Waals surface area contributed by atoms with Crippen molar-refractivity contribution < 1.29 is 24.5 Å². The number of hydrogen-bond acceptors (Lipinski definition) is 8. The van der Waals surface area contributed by atoms with E-state index in [1.54, 1.807) is 0 Å². The molecule has 0 aliphatic heterocycles. The monoisotopic (exact) mass is 286 g/mol. The molecule has 2 N–H and O–H groups in total. The molecule has 1 aromatic rings. The SMILES string of the molecule is COC(=O)c1ncc(C(O)C(O)CSC(C)=O)cn1. The van der Waals surface area contributed by atoms with Gasteiger partial charge >= 0.3 is 5.97 Å². The summed E-state index contributed by atoms with van der Waals surface area (Å²) in [7, 11) is 1.21. The Morgan fingerprint density at radius 2 is 1.95 bits per heavy atom. The molecule has 0 fully saturated rings. The summed E-state index contributed by atoms with van der Waals surface area (Å²) in [6, 6.07) is 0. The van der Waals surface area contributed by atoms with Gasteiger partial charge in [-0.15, -0.1) is 0 Å². The first kappa shape index (κ1) is 15.5. The van der Waals surface area contributed by atoms with E-state index in [-0.39, 0.29) is 22.3 Å². The first-order valence-electron chi connectivity index (χ1n) is 5.35. The van der Waals surface area contributed by atoms with Crippen LogP contribution in [-0.2, 0) is 9.53 Å². The number of nitrogens with zero attached hydrogens (tertiary/aromatic N) is 2. The van der Waals surface area contributed by atoms with Gasteiger partial charge < -0.3 is 14.9 Å². The van der Waals surface area contributed by atoms with E-state index in [1.165, 1.54) is 26.4 Å². The van der Waals surface area contributed by atoms with E-state index < -0.39 is 18.2 Å². The molecule has 7 nitrogen and oxygen atoms in total. The molecular formula is C11H14N2O5S. The Balaban J connectivity index is 2.69. The predicted molar refractivity (Wildman–Crippen MR) is 67.5 cm³/mol. The minimum Gasteiger partial charge on any atom is -0.463 e. The van der Waals surface area contributed by atoms with Crippen molar-refractivity contribution >= 4 is 22.8 Å². The van der Waals surface area contributed by atoms with Gasteiger partial charge in [-0.25, -0.2) is 14.8 Å². The van der Waals surface area contributed by atoms with Crippen molar-refractivity contribution in [2.75, 3.05) is 12.9 Å². The lowest BCUT2D eigenvalue weighted by Crippen LogP contribution is -2.22. The maximum Gasteiger partial charge on any atom is 0.376 e. The van der Waals surface area contributed by atoms with E-state index in [9.17, 15) is 19.8 Å². The summed E-state index contributed by atoms with van der Waals surface area (Å²) in [5.74, 6) is -0.755. The molecule has 104 valence electrons. The molecule has 0 radical (unpaired) electrons. The van der Waals surface area contributed by atoms with Gasteiger partial charge in [0, 0.05) is 30.6 Å². The Labute approximate surface area is 114 Å². The number of hydrogen-bond donors (Lipinski definition) is 2. The van der Waals surface area contributed by atoms with Crippen LogP contribution in [0.5, 0.6) is 0 Å². The Morgan fingerprint density at radius 3 is 2.42 bits per heavy atom. The minimum atomic E-state index is -1.22. The van der Waals surface area contributed by atoms with E-state index in [0.29, 0.717) is 0 Å². The quantitative estimate of drug-likeness (QED) is 0.724. The first-order valence-corrected chi connectivity index (χ1v) is 6.34. The zero-order valence-corrected chi connectivity index (χ0v) is 11.3. The van der Waals surface area contributed by atoms with Gasteiger partial charge in [0.2, 0.25) is 5.82 Å². The molecule has 0 spiro atoms. The smallest absolute Gasteiger partial charge is 0.376 e. The van der Waals surface area contributed by atoms with Crippen LogP contribution in [-0.4, -0.2) is 50.2 Å². The molecule has 0 bridgehead atoms. The second kappa shape index (κ2) is 7.17. The third kappa shape index (κ3) is 4.58. The van der Waals surface area contributed by atoms with Crippen LogP contribution in [0.25, 0.3) is 0 Å². The van der Waals surface area contributed by atoms with Gasteiger partial charge in [0.25, 0.3) is 0 Å². The maximum absolute atomic E-state index is 11.1. The summed E-state index contributed by atoms with van der Waals surface area (Å²) in [6.07, 6.45) is 0.108. The van der Waals surface area contributed by atoms with Crippen molar-refractivity contribution in [3.63, 3.8) is 0 Å². The van der Waals surface area contributed by atoms with Crippen molar-refractivity contribution in [1.82, 2.24) is 9.97 Å². The van der Waals surface area contributed by atoms with E-state index in [1.807, 2.05) is 0 Å². The summed E-state index contributed by atoms with van der Waals surface area (Å²) in [5.41, 5.74) is 0.254. The number of carbonyl (C=O) groups is 2. The third-order valence-electron chi connectivity index (χ3n) is 2.20. The third-order valence-corrected chi connectivity index (χ3v) is 3.12. The largest absolute Gasteiger partial charge is 0.463 e. The number of methoxy groups -OCH3 is 1. The van der Waals surface area contributed by atoms with Gasteiger partial charge in [0.15, 0.2) is 5.12 Å². The summed E-state index contributed by atoms with van der Waals surface area (Å²) in [6.45, 7) is 1.37. The highest BCUT2D eigenvalue weighted by Gasteiger charge is 2.20. The first-order chi connectivity index (χ1) is 8.95. The average molecular weight is 286 g/mol. The van der Waals surface area contributed by atoms with Gasteiger partial charge in [-0.05, 0) is 0 Å². The van der Waals surface area contributed by atoms with Crippen LogP contribution < -0.4 is 0 Å². The summed E-state index contributed by atoms with van der Waals surface area (Å²) in [4.78, 5) is 29.3. The van der Waals surface area contributed by atoms with Gasteiger partial charge in [0.05, 0.1) is 13.2 Å². The molecule has 1 rings (SSSR count). The Bertz CT molecular complexity index is 451. The summed E-state index contributed by atoms with van der Waals surface area (Å²) in [5, 5.41) is 19.3. The number of esters is 1. The van der Waals surface area contributed by atoms with Crippen LogP contribution in [0.2, 0.25) is 0 Å². The fourth-order valence-corrected chi connectivity index (χ4v) is 1.79. The van der Waals surface area contributed by atoms with Crippen LogP contribution in [0.1, 0.15) is 29.2 Å². The number of thioether (sulfide) groups is 1. The van der Waals surface area contributed by atoms with E-state index in [0.717, 1.165) is 11.8 Å². The number of carbonyl (C=O) groups excluding carboxylic acids is 2. The van der Waals surface area contributed by atoms with Gasteiger partial charge in [-0.3, -0.25) is 4.79 Å². The zero-order valence-electron chi connectivity index (χ0n) is 10.4. The lowest BCUT2D eigenvalue weighted by Gasteiger charge is -2.16. The highest BCUT2D eigenvalue weighted by Crippen LogP contribution is 2.18. The van der Waals surface area contributed by atoms with Crippen LogP contribution in [0.3, 0.4) is 0 Å². The van der Waals surface area contributed by atoms with Crippen molar-refractivity contribution in [3.05, 3.63) is 23.8 Å².